The Kier molecular flexibility index (Phi) is 16.2. The lowest BCUT2D eigenvalue weighted by atomic mass is 9.78. The summed E-state index contributed by atoms with van der Waals surface area (Å²) < 4.78 is 0. The van der Waals surface area contributed by atoms with E-state index in [1.54, 1.807) is 0 Å². The van der Waals surface area contributed by atoms with Crippen LogP contribution in [0.3, 0.4) is 0 Å². The molecule has 78 heavy (non-hydrogen) atoms. The first-order valence-electron chi connectivity index (χ1n) is 29.2. The maximum Gasteiger partial charge on any atom is 0.0979 e. The lowest BCUT2D eigenvalue weighted by molar-refractivity contribution is 0.814. The van der Waals surface area contributed by atoms with Crippen molar-refractivity contribution in [3.8, 4) is 0 Å². The van der Waals surface area contributed by atoms with Gasteiger partial charge in [-0.25, -0.2) is 9.98 Å². The van der Waals surface area contributed by atoms with Gasteiger partial charge in [-0.15, -0.1) is 0 Å². The number of nitrogen functional groups attached to an aromatic ring is 2. The van der Waals surface area contributed by atoms with E-state index in [-0.39, 0.29) is 59.2 Å². The predicted octanol–water partition coefficient (Wildman–Crippen LogP) is 20.6. The molecule has 0 amide bonds. The summed E-state index contributed by atoms with van der Waals surface area (Å²) >= 11 is 0. The standard InChI is InChI=1S/C74H86N4/c1-41(2)58-33-52(34-59(42(3)4)69(58)75)66(49-25-19-17-20-26-49)54-37-62(45(9)10)71(63(38-54)46(11)12)77-73-56-31-23-29-51-30-24-32-57(68(51)56)74(73)78-72-64(47(13)14)39-55(40-65(72)48(15)16)67(50-27-21-18-22-28-50)53-35-60(43(5)6)70(76)61(36-53)44(7)8/h17-48,66-67H,75-76H2,1-16H3. The molecule has 0 fully saturated rings. The van der Waals surface area contributed by atoms with Crippen LogP contribution in [0.15, 0.2) is 156 Å². The van der Waals surface area contributed by atoms with E-state index in [0.717, 1.165) is 45.3 Å². The molecule has 0 aromatic heterocycles. The minimum absolute atomic E-state index is 0.0111. The molecule has 0 heterocycles. The summed E-state index contributed by atoms with van der Waals surface area (Å²) in [4.78, 5) is 12.1. The molecule has 402 valence electrons. The minimum atomic E-state index is -0.0111. The van der Waals surface area contributed by atoms with Crippen LogP contribution in [-0.4, -0.2) is 11.4 Å². The van der Waals surface area contributed by atoms with Gasteiger partial charge < -0.3 is 11.5 Å². The van der Waals surface area contributed by atoms with Crippen LogP contribution in [0.5, 0.6) is 0 Å². The van der Waals surface area contributed by atoms with E-state index in [9.17, 15) is 0 Å². The van der Waals surface area contributed by atoms with Crippen molar-refractivity contribution in [2.45, 2.75) is 170 Å². The van der Waals surface area contributed by atoms with Crippen LogP contribution in [0.25, 0.3) is 10.8 Å². The van der Waals surface area contributed by atoms with Gasteiger partial charge >= 0.3 is 0 Å². The second-order valence-electron chi connectivity index (χ2n) is 24.9. The van der Waals surface area contributed by atoms with Gasteiger partial charge in [0.25, 0.3) is 0 Å². The highest BCUT2D eigenvalue weighted by atomic mass is 14.9. The van der Waals surface area contributed by atoms with Gasteiger partial charge in [-0.3, -0.25) is 0 Å². The van der Waals surface area contributed by atoms with Gasteiger partial charge in [0, 0.05) is 39.7 Å². The minimum Gasteiger partial charge on any atom is -0.398 e. The zero-order valence-corrected chi connectivity index (χ0v) is 49.7. The third-order valence-corrected chi connectivity index (χ3v) is 16.6. The quantitative estimate of drug-likeness (QED) is 0.0747. The fourth-order valence-electron chi connectivity index (χ4n) is 12.3. The average Bonchev–Trinajstić information content (AvgIpc) is 3.92. The summed E-state index contributed by atoms with van der Waals surface area (Å²) in [5.74, 6) is 1.85. The van der Waals surface area contributed by atoms with E-state index >= 15 is 0 Å². The molecule has 0 bridgehead atoms. The third kappa shape index (κ3) is 10.6. The molecular formula is C74H86N4. The molecule has 2 atom stereocenters. The Morgan fingerprint density at radius 1 is 0.282 bits per heavy atom. The van der Waals surface area contributed by atoms with E-state index in [2.05, 4.69) is 256 Å². The molecule has 0 spiro atoms. The Morgan fingerprint density at radius 3 is 0.795 bits per heavy atom. The molecule has 0 aliphatic heterocycles. The molecule has 1 aliphatic rings. The summed E-state index contributed by atoms with van der Waals surface area (Å²) in [5.41, 5.74) is 39.4. The summed E-state index contributed by atoms with van der Waals surface area (Å²) in [7, 11) is 0. The number of anilines is 2. The van der Waals surface area contributed by atoms with E-state index in [1.165, 1.54) is 88.7 Å². The van der Waals surface area contributed by atoms with E-state index < -0.39 is 0 Å². The zero-order valence-electron chi connectivity index (χ0n) is 49.7. The molecule has 1 aliphatic carbocycles. The van der Waals surface area contributed by atoms with Gasteiger partial charge in [0.1, 0.15) is 0 Å². The van der Waals surface area contributed by atoms with Crippen LogP contribution < -0.4 is 11.5 Å². The lowest BCUT2D eigenvalue weighted by Crippen LogP contribution is -2.13. The largest absolute Gasteiger partial charge is 0.398 e. The molecule has 4 heteroatoms. The molecule has 4 nitrogen and oxygen atoms in total. The van der Waals surface area contributed by atoms with Crippen molar-refractivity contribution in [1.82, 2.24) is 0 Å². The van der Waals surface area contributed by atoms with Crippen LogP contribution in [0, 0.1) is 0 Å². The number of hydrogen-bond donors (Lipinski definition) is 2. The highest BCUT2D eigenvalue weighted by molar-refractivity contribution is 6.61. The summed E-state index contributed by atoms with van der Waals surface area (Å²) in [6.07, 6.45) is 0. The Balaban J connectivity index is 1.30. The van der Waals surface area contributed by atoms with Crippen LogP contribution >= 0.6 is 0 Å². The lowest BCUT2D eigenvalue weighted by Gasteiger charge is -2.27. The Labute approximate surface area is 468 Å². The van der Waals surface area contributed by atoms with Gasteiger partial charge in [-0.1, -0.05) is 256 Å². The average molecular weight is 1030 g/mol. The molecular weight excluding hydrogens is 945 g/mol. The van der Waals surface area contributed by atoms with Crippen molar-refractivity contribution in [2.75, 3.05) is 11.5 Å². The maximum absolute atomic E-state index is 6.99. The number of nitrogens with zero attached hydrogens (tertiary/aromatic N) is 2. The number of aliphatic imine (C=N–C) groups is 2. The van der Waals surface area contributed by atoms with E-state index in [0.29, 0.717) is 0 Å². The van der Waals surface area contributed by atoms with Crippen molar-refractivity contribution in [3.05, 3.63) is 235 Å². The van der Waals surface area contributed by atoms with Crippen LogP contribution in [0.2, 0.25) is 0 Å². The molecule has 0 saturated heterocycles. The highest BCUT2D eigenvalue weighted by Gasteiger charge is 2.32. The van der Waals surface area contributed by atoms with Crippen LogP contribution in [0.4, 0.5) is 22.7 Å². The van der Waals surface area contributed by atoms with Crippen molar-refractivity contribution >= 4 is 44.9 Å². The van der Waals surface area contributed by atoms with Crippen molar-refractivity contribution in [1.29, 1.82) is 0 Å². The fraction of sp³-hybridized carbons (Fsp3) is 0.351. The van der Waals surface area contributed by atoms with E-state index in [4.69, 9.17) is 21.5 Å². The first kappa shape index (κ1) is 55.7. The number of hydrogen-bond acceptors (Lipinski definition) is 4. The second-order valence-corrected chi connectivity index (χ2v) is 24.9. The van der Waals surface area contributed by atoms with Gasteiger partial charge in [0.2, 0.25) is 0 Å². The van der Waals surface area contributed by atoms with Crippen LogP contribution in [-0.2, 0) is 0 Å². The molecule has 2 unspecified atom stereocenters. The van der Waals surface area contributed by atoms with Gasteiger partial charge in [0.05, 0.1) is 22.8 Å². The molecule has 8 aromatic rings. The Morgan fingerprint density at radius 2 is 0.538 bits per heavy atom. The molecule has 0 radical (unpaired) electrons. The maximum atomic E-state index is 6.99. The molecule has 8 aromatic carbocycles. The monoisotopic (exact) mass is 1030 g/mol. The van der Waals surface area contributed by atoms with Crippen molar-refractivity contribution in [3.63, 3.8) is 0 Å². The van der Waals surface area contributed by atoms with Gasteiger partial charge in [-0.05, 0) is 131 Å². The predicted molar refractivity (Wildman–Crippen MR) is 338 cm³/mol. The van der Waals surface area contributed by atoms with Gasteiger partial charge in [-0.2, -0.15) is 0 Å². The highest BCUT2D eigenvalue weighted by Crippen LogP contribution is 2.48. The van der Waals surface area contributed by atoms with Crippen molar-refractivity contribution in [2.24, 2.45) is 9.98 Å². The molecule has 4 N–H and O–H groups in total. The number of benzene rings is 8. The Hall–Kier alpha value is -7.04. The first-order valence-corrected chi connectivity index (χ1v) is 29.2. The van der Waals surface area contributed by atoms with Crippen LogP contribution in [0.1, 0.15) is 259 Å². The van der Waals surface area contributed by atoms with Gasteiger partial charge in [0.15, 0.2) is 0 Å². The summed E-state index contributed by atoms with van der Waals surface area (Å²) in [6.45, 7) is 36.7. The number of rotatable bonds is 16. The summed E-state index contributed by atoms with van der Waals surface area (Å²) in [6, 6.07) is 54.9. The first-order chi connectivity index (χ1) is 37.2. The van der Waals surface area contributed by atoms with E-state index in [1.807, 2.05) is 0 Å². The molecule has 0 saturated carbocycles. The third-order valence-electron chi connectivity index (χ3n) is 16.6. The normalized spacial score (nSPS) is 14.6. The second kappa shape index (κ2) is 22.7. The van der Waals surface area contributed by atoms with Crippen molar-refractivity contribution < 1.29 is 0 Å². The zero-order chi connectivity index (χ0) is 56.0. The fourth-order valence-corrected chi connectivity index (χ4v) is 12.3. The number of nitrogens with two attached hydrogens (primary N) is 2. The SMILES string of the molecule is CC(C)c1cc(C(c2ccccc2)c2cc(C(C)C)c(N=C3C(=Nc4c(C(C)C)cc(C(c5ccccc5)c5cc(C(C)C)c(N)c(C(C)C)c5)cc4C(C)C)c4cccc5cccc3c45)c(C(C)C)c2)cc(C(C)C)c1N. The summed E-state index contributed by atoms with van der Waals surface area (Å²) in [5, 5.41) is 2.41. The smallest absolute Gasteiger partial charge is 0.0979 e. The topological polar surface area (TPSA) is 76.8 Å². The Bertz CT molecular complexity index is 3200. The molecule has 9 rings (SSSR count).